The number of thiophene rings is 1. The van der Waals surface area contributed by atoms with E-state index in [4.69, 9.17) is 20.9 Å². The average molecular weight is 516 g/mol. The van der Waals surface area contributed by atoms with E-state index in [0.29, 0.717) is 35.3 Å². The van der Waals surface area contributed by atoms with Gasteiger partial charge in [0.15, 0.2) is 23.2 Å². The van der Waals surface area contributed by atoms with Gasteiger partial charge in [-0.15, -0.1) is 11.3 Å². The highest BCUT2D eigenvalue weighted by Gasteiger charge is 2.38. The van der Waals surface area contributed by atoms with E-state index < -0.39 is 23.4 Å². The summed E-state index contributed by atoms with van der Waals surface area (Å²) in [5.41, 5.74) is 10.9. The Morgan fingerprint density at radius 2 is 1.86 bits per heavy atom. The fourth-order valence-corrected chi connectivity index (χ4v) is 5.12. The molecule has 0 aliphatic carbocycles. The monoisotopic (exact) mass is 515 g/mol. The summed E-state index contributed by atoms with van der Waals surface area (Å²) in [5, 5.41) is 4.79. The second-order valence-electron chi connectivity index (χ2n) is 8.80. The van der Waals surface area contributed by atoms with Crippen molar-refractivity contribution in [2.45, 2.75) is 32.4 Å². The molecule has 0 bridgehead atoms. The maximum Gasteiger partial charge on any atom is 0.273 e. The largest absolute Gasteiger partial charge is 0.486 e. The van der Waals surface area contributed by atoms with Crippen molar-refractivity contribution in [3.8, 4) is 11.5 Å². The van der Waals surface area contributed by atoms with E-state index >= 15 is 0 Å². The summed E-state index contributed by atoms with van der Waals surface area (Å²) in [6, 6.07) is 7.54. The predicted octanol–water partition coefficient (Wildman–Crippen LogP) is 2.96. The van der Waals surface area contributed by atoms with Crippen LogP contribution in [-0.4, -0.2) is 40.8 Å². The van der Waals surface area contributed by atoms with Crippen molar-refractivity contribution in [3.63, 3.8) is 0 Å². The zero-order valence-corrected chi connectivity index (χ0v) is 21.0. The molecule has 0 saturated heterocycles. The van der Waals surface area contributed by atoms with Gasteiger partial charge in [-0.05, 0) is 55.9 Å². The van der Waals surface area contributed by atoms with Crippen LogP contribution in [0.2, 0.25) is 0 Å². The molecular formula is C23H25N5O5S2. The van der Waals surface area contributed by atoms with Crippen molar-refractivity contribution >= 4 is 52.0 Å². The van der Waals surface area contributed by atoms with Crippen LogP contribution in [0.5, 0.6) is 11.5 Å². The summed E-state index contributed by atoms with van der Waals surface area (Å²) in [6.07, 6.45) is 0. The van der Waals surface area contributed by atoms with Crippen molar-refractivity contribution < 1.29 is 23.9 Å². The highest BCUT2D eigenvalue weighted by atomic mass is 32.1. The number of amides is 3. The molecule has 0 saturated carbocycles. The number of primary amides is 1. The molecule has 35 heavy (non-hydrogen) atoms. The lowest BCUT2D eigenvalue weighted by atomic mass is 10.1. The van der Waals surface area contributed by atoms with E-state index in [9.17, 15) is 14.4 Å². The fraction of sp³-hybridized carbons (Fsp3) is 0.304. The Hall–Kier alpha value is -3.64. The number of anilines is 2. The Bertz CT molecular complexity index is 1270. The molecule has 2 aromatic heterocycles. The molecule has 3 amide bonds. The van der Waals surface area contributed by atoms with E-state index in [0.717, 1.165) is 11.5 Å². The maximum atomic E-state index is 14.0. The Labute approximate surface area is 210 Å². The summed E-state index contributed by atoms with van der Waals surface area (Å²) in [6.45, 7) is 6.33. The van der Waals surface area contributed by atoms with Crippen molar-refractivity contribution in [3.05, 3.63) is 51.2 Å². The summed E-state index contributed by atoms with van der Waals surface area (Å²) in [5.74, 6) is -0.854. The molecule has 1 aromatic carbocycles. The zero-order valence-electron chi connectivity index (χ0n) is 19.4. The molecule has 3 heterocycles. The molecule has 1 atom stereocenters. The van der Waals surface area contributed by atoms with Gasteiger partial charge in [-0.3, -0.25) is 19.3 Å². The molecule has 184 valence electrons. The molecule has 3 aromatic rings. The first kappa shape index (κ1) is 24.5. The van der Waals surface area contributed by atoms with Crippen LogP contribution in [0.15, 0.2) is 35.7 Å². The van der Waals surface area contributed by atoms with Crippen LogP contribution in [0.1, 0.15) is 51.9 Å². The quantitative estimate of drug-likeness (QED) is 0.457. The van der Waals surface area contributed by atoms with Gasteiger partial charge >= 0.3 is 0 Å². The molecule has 1 aliphatic heterocycles. The predicted molar refractivity (Wildman–Crippen MR) is 134 cm³/mol. The summed E-state index contributed by atoms with van der Waals surface area (Å²) < 4.78 is 15.3. The van der Waals surface area contributed by atoms with Gasteiger partial charge in [-0.25, -0.2) is 0 Å². The number of nitrogens with one attached hydrogen (secondary N) is 1. The van der Waals surface area contributed by atoms with E-state index in [-0.39, 0.29) is 22.2 Å². The highest BCUT2D eigenvalue weighted by molar-refractivity contribution is 7.10. The van der Waals surface area contributed by atoms with Gasteiger partial charge in [0.25, 0.3) is 11.8 Å². The average Bonchev–Trinajstić information content (AvgIpc) is 3.45. The molecule has 0 spiro atoms. The molecule has 0 fully saturated rings. The molecule has 10 nitrogen and oxygen atoms in total. The Kier molecular flexibility index (Phi) is 6.68. The number of fused-ring (bicyclic) bond motifs is 1. The van der Waals surface area contributed by atoms with Crippen molar-refractivity contribution in [1.29, 1.82) is 0 Å². The molecule has 0 radical (unpaired) electrons. The van der Waals surface area contributed by atoms with E-state index in [1.54, 1.807) is 30.3 Å². The normalized spacial score (nSPS) is 13.7. The topological polar surface area (TPSA) is 150 Å². The van der Waals surface area contributed by atoms with Gasteiger partial charge in [0.2, 0.25) is 5.91 Å². The minimum Gasteiger partial charge on any atom is -0.486 e. The number of benzene rings is 1. The fourth-order valence-electron chi connectivity index (χ4n) is 3.56. The van der Waals surface area contributed by atoms with Crippen LogP contribution in [0.25, 0.3) is 0 Å². The number of aromatic nitrogens is 1. The number of hydrogen-bond acceptors (Lipinski definition) is 9. The van der Waals surface area contributed by atoms with Gasteiger partial charge in [0.1, 0.15) is 18.1 Å². The van der Waals surface area contributed by atoms with E-state index in [2.05, 4.69) is 9.69 Å². The molecule has 12 heteroatoms. The summed E-state index contributed by atoms with van der Waals surface area (Å²) >= 11 is 2.09. The Balaban J connectivity index is 1.88. The van der Waals surface area contributed by atoms with Crippen molar-refractivity contribution in [2.75, 3.05) is 23.8 Å². The van der Waals surface area contributed by atoms with Crippen LogP contribution in [0.4, 0.5) is 11.4 Å². The second-order valence-corrected chi connectivity index (χ2v) is 10.6. The first-order valence-electron chi connectivity index (χ1n) is 10.7. The number of nitrogen functional groups attached to an aromatic ring is 1. The molecule has 4 rings (SSSR count). The van der Waals surface area contributed by atoms with Crippen molar-refractivity contribution in [1.82, 2.24) is 9.69 Å². The second kappa shape index (κ2) is 9.55. The first-order valence-corrected chi connectivity index (χ1v) is 12.4. The number of carbonyl (C=O) groups is 3. The van der Waals surface area contributed by atoms with Crippen LogP contribution >= 0.6 is 22.9 Å². The summed E-state index contributed by atoms with van der Waals surface area (Å²) in [4.78, 5) is 41.3. The smallest absolute Gasteiger partial charge is 0.273 e. The van der Waals surface area contributed by atoms with Gasteiger partial charge in [0, 0.05) is 22.2 Å². The number of carbonyl (C=O) groups excluding carboxylic acids is 3. The van der Waals surface area contributed by atoms with Gasteiger partial charge in [-0.1, -0.05) is 6.07 Å². The lowest BCUT2D eigenvalue weighted by molar-refractivity contribution is -0.123. The highest BCUT2D eigenvalue weighted by Crippen LogP contribution is 2.39. The Morgan fingerprint density at radius 1 is 1.14 bits per heavy atom. The van der Waals surface area contributed by atoms with Gasteiger partial charge in [-0.2, -0.15) is 4.37 Å². The zero-order chi connectivity index (χ0) is 25.3. The van der Waals surface area contributed by atoms with Crippen LogP contribution in [0.3, 0.4) is 0 Å². The third-order valence-corrected chi connectivity index (χ3v) is 6.77. The number of hydrogen-bond donors (Lipinski definition) is 3. The maximum absolute atomic E-state index is 14.0. The van der Waals surface area contributed by atoms with Gasteiger partial charge < -0.3 is 26.3 Å². The van der Waals surface area contributed by atoms with Crippen LogP contribution in [-0.2, 0) is 4.79 Å². The standard InChI is InChI=1S/C23H25N5O5S2/c1-23(2,3)26-21(30)18(15-5-4-10-34-15)28(12-6-7-13-14(11-12)33-9-8-32-13)22(31)19-16(24)17(20(25)29)27-35-19/h4-7,10-11,18H,8-9,24H2,1-3H3,(H2,25,29)(H,26,30)/t18-/m0/s1. The minimum atomic E-state index is -1.04. The lowest BCUT2D eigenvalue weighted by Crippen LogP contribution is -2.49. The summed E-state index contributed by atoms with van der Waals surface area (Å²) in [7, 11) is 0. The molecule has 5 N–H and O–H groups in total. The van der Waals surface area contributed by atoms with E-state index in [1.165, 1.54) is 16.2 Å². The number of nitrogens with two attached hydrogens (primary N) is 2. The number of nitrogens with zero attached hydrogens (tertiary/aromatic N) is 2. The molecular weight excluding hydrogens is 490 g/mol. The number of ether oxygens (including phenoxy) is 2. The van der Waals surface area contributed by atoms with Crippen LogP contribution in [0, 0.1) is 0 Å². The van der Waals surface area contributed by atoms with E-state index in [1.807, 2.05) is 26.2 Å². The number of rotatable bonds is 6. The molecule has 1 aliphatic rings. The van der Waals surface area contributed by atoms with Gasteiger partial charge in [0.05, 0.1) is 5.69 Å². The SMILES string of the molecule is CC(C)(C)NC(=O)[C@H](c1cccs1)N(C(=O)c1snc(C(N)=O)c1N)c1ccc2c(c1)OCCO2. The third-order valence-electron chi connectivity index (χ3n) is 5.00. The third kappa shape index (κ3) is 5.08. The van der Waals surface area contributed by atoms with Crippen molar-refractivity contribution in [2.24, 2.45) is 5.73 Å². The minimum absolute atomic E-state index is 0.00111. The van der Waals surface area contributed by atoms with Crippen LogP contribution < -0.4 is 31.2 Å². The molecule has 0 unspecified atom stereocenters. The Morgan fingerprint density at radius 3 is 2.46 bits per heavy atom. The first-order chi connectivity index (χ1) is 16.6. The lowest BCUT2D eigenvalue weighted by Gasteiger charge is -2.33.